The third kappa shape index (κ3) is 4.49. The summed E-state index contributed by atoms with van der Waals surface area (Å²) in [6.45, 7) is 10.9. The van der Waals surface area contributed by atoms with Crippen LogP contribution in [0.25, 0.3) is 0 Å². The highest BCUT2D eigenvalue weighted by Crippen LogP contribution is 2.47. The van der Waals surface area contributed by atoms with E-state index in [-0.39, 0.29) is 23.2 Å². The standard InChI is InChI=1S/C25H31NO4S/c1-5-6-15-30-21-7-9-22(10-8-21)31(28,29)25(11-13-26-14-12-25)23-16-20(18(2)3)17-24(27)19(23)4/h7-10,20,26H,2,11-17H2,1,3-4H3. The van der Waals surface area contributed by atoms with Crippen molar-refractivity contribution in [1.29, 1.82) is 0 Å². The fourth-order valence-corrected chi connectivity index (χ4v) is 6.84. The molecule has 1 fully saturated rings. The first kappa shape index (κ1) is 23.3. The number of ketones is 1. The molecule has 0 aromatic heterocycles. The maximum atomic E-state index is 14.1. The van der Waals surface area contributed by atoms with E-state index in [4.69, 9.17) is 4.74 Å². The molecule has 1 aromatic rings. The summed E-state index contributed by atoms with van der Waals surface area (Å²) in [6, 6.07) is 6.54. The number of benzene rings is 1. The van der Waals surface area contributed by atoms with Crippen LogP contribution in [-0.4, -0.2) is 38.6 Å². The minimum atomic E-state index is -3.73. The molecule has 5 nitrogen and oxygen atoms in total. The highest BCUT2D eigenvalue weighted by molar-refractivity contribution is 7.93. The predicted octanol–water partition coefficient (Wildman–Crippen LogP) is 3.86. The first-order valence-corrected chi connectivity index (χ1v) is 12.2. The maximum Gasteiger partial charge on any atom is 0.188 e. The van der Waals surface area contributed by atoms with Gasteiger partial charge in [-0.2, -0.15) is 0 Å². The number of Topliss-reactive ketones (excluding diaryl/α,β-unsaturated/α-hetero) is 1. The van der Waals surface area contributed by atoms with Gasteiger partial charge in [0.05, 0.1) is 4.90 Å². The van der Waals surface area contributed by atoms with Crippen LogP contribution < -0.4 is 10.1 Å². The van der Waals surface area contributed by atoms with E-state index >= 15 is 0 Å². The molecule has 1 aliphatic heterocycles. The van der Waals surface area contributed by atoms with Crippen molar-refractivity contribution in [3.63, 3.8) is 0 Å². The Morgan fingerprint density at radius 1 is 1.23 bits per heavy atom. The van der Waals surface area contributed by atoms with Gasteiger partial charge in [0.15, 0.2) is 15.6 Å². The summed E-state index contributed by atoms with van der Waals surface area (Å²) in [5.74, 6) is 6.18. The third-order valence-corrected chi connectivity index (χ3v) is 9.12. The fourth-order valence-electron chi connectivity index (χ4n) is 4.59. The number of allylic oxidation sites excluding steroid dienone is 2. The van der Waals surface area contributed by atoms with Gasteiger partial charge in [-0.3, -0.25) is 4.79 Å². The number of hydrogen-bond donors (Lipinski definition) is 1. The Bertz CT molecular complexity index is 1050. The van der Waals surface area contributed by atoms with Crippen molar-refractivity contribution in [1.82, 2.24) is 5.32 Å². The molecule has 0 amide bonds. The average molecular weight is 442 g/mol. The van der Waals surface area contributed by atoms with Gasteiger partial charge >= 0.3 is 0 Å². The van der Waals surface area contributed by atoms with Gasteiger partial charge in [-0.15, -0.1) is 5.92 Å². The van der Waals surface area contributed by atoms with E-state index < -0.39 is 14.6 Å². The van der Waals surface area contributed by atoms with Crippen LogP contribution in [0.3, 0.4) is 0 Å². The Kier molecular flexibility index (Phi) is 7.08. The summed E-state index contributed by atoms with van der Waals surface area (Å²) in [4.78, 5) is 13.1. The maximum absolute atomic E-state index is 14.1. The van der Waals surface area contributed by atoms with Crippen LogP contribution in [0.5, 0.6) is 5.75 Å². The SMILES string of the molecule is C=C(C)C1CC(=O)C(C)=C(C2(S(=O)(=O)c3ccc(OCC#CC)cc3)CCNCC2)C1. The van der Waals surface area contributed by atoms with Crippen molar-refractivity contribution in [2.24, 2.45) is 5.92 Å². The molecule has 0 spiro atoms. The van der Waals surface area contributed by atoms with E-state index in [1.165, 1.54) is 0 Å². The van der Waals surface area contributed by atoms with Crippen LogP contribution in [-0.2, 0) is 14.6 Å². The number of rotatable bonds is 6. The van der Waals surface area contributed by atoms with Gasteiger partial charge in [-0.25, -0.2) is 8.42 Å². The van der Waals surface area contributed by atoms with E-state index in [0.29, 0.717) is 50.1 Å². The first-order chi connectivity index (χ1) is 14.7. The number of carbonyl (C=O) groups excluding carboxylic acids is 1. The van der Waals surface area contributed by atoms with Gasteiger partial charge in [0.2, 0.25) is 0 Å². The Balaban J connectivity index is 2.05. The molecule has 1 aliphatic carbocycles. The first-order valence-electron chi connectivity index (χ1n) is 10.7. The monoisotopic (exact) mass is 441 g/mol. The van der Waals surface area contributed by atoms with Crippen LogP contribution in [0.15, 0.2) is 52.5 Å². The van der Waals surface area contributed by atoms with Gasteiger partial charge in [0, 0.05) is 6.42 Å². The lowest BCUT2D eigenvalue weighted by Crippen LogP contribution is -2.50. The summed E-state index contributed by atoms with van der Waals surface area (Å²) in [7, 11) is -3.73. The molecule has 2 aliphatic rings. The lowest BCUT2D eigenvalue weighted by molar-refractivity contribution is -0.116. The molecule has 0 saturated carbocycles. The van der Waals surface area contributed by atoms with Crippen LogP contribution >= 0.6 is 0 Å². The molecule has 166 valence electrons. The van der Waals surface area contributed by atoms with Gasteiger partial charge in [-0.1, -0.05) is 18.1 Å². The second kappa shape index (κ2) is 9.42. The van der Waals surface area contributed by atoms with E-state index in [1.54, 1.807) is 38.1 Å². The smallest absolute Gasteiger partial charge is 0.188 e. The highest BCUT2D eigenvalue weighted by Gasteiger charge is 2.50. The van der Waals surface area contributed by atoms with Gasteiger partial charge in [0.25, 0.3) is 0 Å². The molecule has 6 heteroatoms. The molecule has 1 N–H and O–H groups in total. The number of sulfone groups is 1. The second-order valence-corrected chi connectivity index (χ2v) is 10.7. The Labute approximate surface area is 185 Å². The van der Waals surface area contributed by atoms with Gasteiger partial charge < -0.3 is 10.1 Å². The second-order valence-electron chi connectivity index (χ2n) is 8.41. The van der Waals surface area contributed by atoms with Crippen molar-refractivity contribution in [2.75, 3.05) is 19.7 Å². The molecule has 1 saturated heterocycles. The number of ether oxygens (including phenoxy) is 1. The minimum Gasteiger partial charge on any atom is -0.481 e. The molecule has 1 aromatic carbocycles. The normalized spacial score (nSPS) is 21.3. The minimum absolute atomic E-state index is 0.0105. The summed E-state index contributed by atoms with van der Waals surface area (Å²) >= 11 is 0. The largest absolute Gasteiger partial charge is 0.481 e. The Morgan fingerprint density at radius 3 is 2.45 bits per heavy atom. The van der Waals surface area contributed by atoms with Crippen LogP contribution in [0.4, 0.5) is 0 Å². The van der Waals surface area contributed by atoms with Crippen molar-refractivity contribution in [3.05, 3.63) is 47.6 Å². The molecule has 0 bridgehead atoms. The Morgan fingerprint density at radius 2 is 1.87 bits per heavy atom. The molecule has 1 atom stereocenters. The highest BCUT2D eigenvalue weighted by atomic mass is 32.2. The van der Waals surface area contributed by atoms with E-state index in [9.17, 15) is 13.2 Å². The molecular formula is C25H31NO4S. The molecule has 31 heavy (non-hydrogen) atoms. The number of carbonyl (C=O) groups is 1. The zero-order valence-corrected chi connectivity index (χ0v) is 19.4. The van der Waals surface area contributed by atoms with Crippen molar-refractivity contribution >= 4 is 15.6 Å². The molecule has 3 rings (SSSR count). The zero-order chi connectivity index (χ0) is 22.6. The van der Waals surface area contributed by atoms with Crippen molar-refractivity contribution in [2.45, 2.75) is 56.1 Å². The van der Waals surface area contributed by atoms with E-state index in [1.807, 2.05) is 6.92 Å². The zero-order valence-electron chi connectivity index (χ0n) is 18.6. The third-order valence-electron chi connectivity index (χ3n) is 6.55. The number of piperidine rings is 1. The van der Waals surface area contributed by atoms with Gasteiger partial charge in [-0.05, 0) is 94.5 Å². The summed E-state index contributed by atoms with van der Waals surface area (Å²) in [6.07, 6.45) is 1.87. The number of nitrogens with one attached hydrogen (secondary N) is 1. The summed E-state index contributed by atoms with van der Waals surface area (Å²) < 4.78 is 32.5. The average Bonchev–Trinajstić information content (AvgIpc) is 2.76. The lowest BCUT2D eigenvalue weighted by atomic mass is 9.73. The topological polar surface area (TPSA) is 72.5 Å². The summed E-state index contributed by atoms with van der Waals surface area (Å²) in [5.41, 5.74) is 2.31. The molecule has 1 heterocycles. The summed E-state index contributed by atoms with van der Waals surface area (Å²) in [5, 5.41) is 3.28. The fraction of sp³-hybridized carbons (Fsp3) is 0.480. The lowest BCUT2D eigenvalue weighted by Gasteiger charge is -2.42. The molecule has 0 radical (unpaired) electrons. The quantitative estimate of drug-likeness (QED) is 0.536. The molecule has 1 unspecified atom stereocenters. The predicted molar refractivity (Wildman–Crippen MR) is 123 cm³/mol. The number of hydrogen-bond acceptors (Lipinski definition) is 5. The van der Waals surface area contributed by atoms with Crippen LogP contribution in [0.2, 0.25) is 0 Å². The van der Waals surface area contributed by atoms with E-state index in [2.05, 4.69) is 23.7 Å². The van der Waals surface area contributed by atoms with Crippen molar-refractivity contribution < 1.29 is 17.9 Å². The van der Waals surface area contributed by atoms with Crippen LogP contribution in [0.1, 0.15) is 46.5 Å². The molecular weight excluding hydrogens is 410 g/mol. The Hall–Kier alpha value is -2.36. The van der Waals surface area contributed by atoms with Gasteiger partial charge in [0.1, 0.15) is 17.1 Å². The van der Waals surface area contributed by atoms with Crippen LogP contribution in [0, 0.1) is 17.8 Å². The van der Waals surface area contributed by atoms with E-state index in [0.717, 1.165) is 11.1 Å². The van der Waals surface area contributed by atoms with Crippen molar-refractivity contribution in [3.8, 4) is 17.6 Å².